The number of methoxy groups -OCH3 is 1. The van der Waals surface area contributed by atoms with Crippen molar-refractivity contribution in [2.45, 2.75) is 6.04 Å². The molecular formula is C9H10FNO2. The van der Waals surface area contributed by atoms with Crippen molar-refractivity contribution in [2.75, 3.05) is 13.7 Å². The first-order valence-electron chi connectivity index (χ1n) is 4.02. The summed E-state index contributed by atoms with van der Waals surface area (Å²) in [7, 11) is 1.40. The largest absolute Gasteiger partial charge is 0.502 e. The van der Waals surface area contributed by atoms with Gasteiger partial charge in [-0.1, -0.05) is 0 Å². The lowest BCUT2D eigenvalue weighted by Crippen LogP contribution is -1.91. The van der Waals surface area contributed by atoms with Gasteiger partial charge in [0.2, 0.25) is 0 Å². The third-order valence-electron chi connectivity index (χ3n) is 2.08. The van der Waals surface area contributed by atoms with Gasteiger partial charge in [-0.3, -0.25) is 0 Å². The number of rotatable bonds is 2. The number of phenolic OH excluding ortho intramolecular Hbond substituents is 1. The summed E-state index contributed by atoms with van der Waals surface area (Å²) in [6.45, 7) is 0.855. The molecule has 1 aliphatic heterocycles. The molecule has 0 unspecified atom stereocenters. The zero-order chi connectivity index (χ0) is 9.42. The van der Waals surface area contributed by atoms with Gasteiger partial charge in [-0.2, -0.15) is 0 Å². The van der Waals surface area contributed by atoms with E-state index in [2.05, 4.69) is 5.32 Å². The zero-order valence-electron chi connectivity index (χ0n) is 7.17. The molecule has 0 aromatic heterocycles. The van der Waals surface area contributed by atoms with Crippen LogP contribution in [0.25, 0.3) is 0 Å². The van der Waals surface area contributed by atoms with Gasteiger partial charge in [-0.25, -0.2) is 4.39 Å². The van der Waals surface area contributed by atoms with Crippen molar-refractivity contribution in [3.8, 4) is 11.5 Å². The number of hydrogen-bond acceptors (Lipinski definition) is 3. The van der Waals surface area contributed by atoms with E-state index in [0.717, 1.165) is 12.1 Å². The summed E-state index contributed by atoms with van der Waals surface area (Å²) in [6, 6.07) is 3.18. The molecule has 1 aromatic carbocycles. The van der Waals surface area contributed by atoms with E-state index in [1.165, 1.54) is 13.2 Å². The normalized spacial score (nSPS) is 20.0. The predicted molar refractivity (Wildman–Crippen MR) is 45.4 cm³/mol. The molecule has 1 atom stereocenters. The summed E-state index contributed by atoms with van der Waals surface area (Å²) < 4.78 is 17.9. The number of aromatic hydroxyl groups is 1. The van der Waals surface area contributed by atoms with Gasteiger partial charge in [-0.05, 0) is 17.7 Å². The number of ether oxygens (including phenoxy) is 1. The highest BCUT2D eigenvalue weighted by Crippen LogP contribution is 2.34. The second-order valence-electron chi connectivity index (χ2n) is 3.01. The number of benzene rings is 1. The van der Waals surface area contributed by atoms with Crippen LogP contribution in [0.5, 0.6) is 11.5 Å². The molecule has 0 radical (unpaired) electrons. The Kier molecular flexibility index (Phi) is 1.84. The molecule has 2 rings (SSSR count). The first kappa shape index (κ1) is 8.31. The molecular weight excluding hydrogens is 173 g/mol. The molecule has 1 heterocycles. The molecule has 70 valence electrons. The average molecular weight is 183 g/mol. The van der Waals surface area contributed by atoms with E-state index in [1.807, 2.05) is 0 Å². The van der Waals surface area contributed by atoms with E-state index in [-0.39, 0.29) is 11.8 Å². The van der Waals surface area contributed by atoms with E-state index in [4.69, 9.17) is 4.74 Å². The third kappa shape index (κ3) is 1.45. The van der Waals surface area contributed by atoms with Gasteiger partial charge in [0.1, 0.15) is 0 Å². The Balaban J connectivity index is 2.43. The summed E-state index contributed by atoms with van der Waals surface area (Å²) in [5.41, 5.74) is 0.812. The van der Waals surface area contributed by atoms with Crippen molar-refractivity contribution >= 4 is 0 Å². The first-order chi connectivity index (χ1) is 6.22. The van der Waals surface area contributed by atoms with Crippen LogP contribution >= 0.6 is 0 Å². The molecule has 1 aromatic rings. The fraction of sp³-hybridized carbons (Fsp3) is 0.333. The number of hydrogen-bond donors (Lipinski definition) is 2. The molecule has 4 heteroatoms. The van der Waals surface area contributed by atoms with E-state index in [1.54, 1.807) is 6.07 Å². The lowest BCUT2D eigenvalue weighted by Gasteiger charge is -2.06. The summed E-state index contributed by atoms with van der Waals surface area (Å²) in [4.78, 5) is 0. The minimum absolute atomic E-state index is 0.184. The molecule has 0 spiro atoms. The van der Waals surface area contributed by atoms with Crippen LogP contribution in [-0.2, 0) is 0 Å². The minimum atomic E-state index is -0.636. The SMILES string of the molecule is COc1cc([C@H]2CN2)cc(F)c1O. The van der Waals surface area contributed by atoms with Gasteiger partial charge >= 0.3 is 0 Å². The van der Waals surface area contributed by atoms with Crippen LogP contribution in [0.4, 0.5) is 4.39 Å². The smallest absolute Gasteiger partial charge is 0.194 e. The van der Waals surface area contributed by atoms with Crippen molar-refractivity contribution in [1.29, 1.82) is 0 Å². The topological polar surface area (TPSA) is 51.4 Å². The maximum absolute atomic E-state index is 13.1. The number of nitrogens with one attached hydrogen (secondary N) is 1. The first-order valence-corrected chi connectivity index (χ1v) is 4.02. The van der Waals surface area contributed by atoms with Gasteiger partial charge in [0.05, 0.1) is 7.11 Å². The molecule has 0 bridgehead atoms. The fourth-order valence-electron chi connectivity index (χ4n) is 1.25. The lowest BCUT2D eigenvalue weighted by molar-refractivity contribution is 0.356. The maximum Gasteiger partial charge on any atom is 0.194 e. The minimum Gasteiger partial charge on any atom is -0.502 e. The standard InChI is InChI=1S/C9H10FNO2/c1-13-8-3-5(7-4-11-7)2-6(10)9(8)12/h2-3,7,11-12H,4H2,1H3/t7-/m1/s1. The third-order valence-corrected chi connectivity index (χ3v) is 2.08. The van der Waals surface area contributed by atoms with E-state index >= 15 is 0 Å². The van der Waals surface area contributed by atoms with Crippen LogP contribution in [0.1, 0.15) is 11.6 Å². The highest BCUT2D eigenvalue weighted by Gasteiger charge is 2.24. The number of halogens is 1. The predicted octanol–water partition coefficient (Wildman–Crippen LogP) is 1.18. The Morgan fingerprint density at radius 2 is 2.31 bits per heavy atom. The van der Waals surface area contributed by atoms with Gasteiger partial charge in [-0.15, -0.1) is 0 Å². The molecule has 0 amide bonds. The summed E-state index contributed by atoms with van der Waals surface area (Å²) >= 11 is 0. The highest BCUT2D eigenvalue weighted by atomic mass is 19.1. The fourth-order valence-corrected chi connectivity index (χ4v) is 1.25. The van der Waals surface area contributed by atoms with E-state index in [9.17, 15) is 9.50 Å². The second-order valence-corrected chi connectivity index (χ2v) is 3.01. The van der Waals surface area contributed by atoms with Crippen LogP contribution in [0, 0.1) is 5.82 Å². The average Bonchev–Trinajstić information content (AvgIpc) is 2.92. The molecule has 0 aliphatic carbocycles. The Morgan fingerprint density at radius 1 is 1.62 bits per heavy atom. The quantitative estimate of drug-likeness (QED) is 0.677. The Labute approximate surface area is 75.1 Å². The van der Waals surface area contributed by atoms with Gasteiger partial charge in [0.15, 0.2) is 17.3 Å². The molecule has 0 saturated carbocycles. The van der Waals surface area contributed by atoms with Crippen LogP contribution < -0.4 is 10.1 Å². The molecule has 1 aliphatic rings. The molecule has 1 saturated heterocycles. The molecule has 3 nitrogen and oxygen atoms in total. The van der Waals surface area contributed by atoms with Crippen molar-refractivity contribution < 1.29 is 14.2 Å². The number of phenols is 1. The summed E-state index contributed by atoms with van der Waals surface area (Å²) in [5, 5.41) is 12.2. The maximum atomic E-state index is 13.1. The van der Waals surface area contributed by atoms with Crippen molar-refractivity contribution in [2.24, 2.45) is 0 Å². The van der Waals surface area contributed by atoms with E-state index < -0.39 is 11.6 Å². The van der Waals surface area contributed by atoms with Crippen molar-refractivity contribution in [1.82, 2.24) is 5.32 Å². The highest BCUT2D eigenvalue weighted by molar-refractivity contribution is 5.44. The summed E-state index contributed by atoms with van der Waals surface area (Å²) in [5.74, 6) is -0.876. The van der Waals surface area contributed by atoms with Crippen LogP contribution in [0.15, 0.2) is 12.1 Å². The van der Waals surface area contributed by atoms with Gasteiger partial charge in [0, 0.05) is 12.6 Å². The van der Waals surface area contributed by atoms with Crippen molar-refractivity contribution in [3.05, 3.63) is 23.5 Å². The van der Waals surface area contributed by atoms with Crippen LogP contribution in [0.2, 0.25) is 0 Å². The van der Waals surface area contributed by atoms with Crippen LogP contribution in [-0.4, -0.2) is 18.8 Å². The lowest BCUT2D eigenvalue weighted by atomic mass is 10.1. The monoisotopic (exact) mass is 183 g/mol. The summed E-state index contributed by atoms with van der Waals surface area (Å²) in [6.07, 6.45) is 0. The Hall–Kier alpha value is -1.29. The Morgan fingerprint density at radius 3 is 2.85 bits per heavy atom. The van der Waals surface area contributed by atoms with Gasteiger partial charge < -0.3 is 15.2 Å². The molecule has 13 heavy (non-hydrogen) atoms. The molecule has 2 N–H and O–H groups in total. The molecule has 1 fully saturated rings. The zero-order valence-corrected chi connectivity index (χ0v) is 7.17. The second kappa shape index (κ2) is 2.88. The Bertz CT molecular complexity index is 337. The van der Waals surface area contributed by atoms with Gasteiger partial charge in [0.25, 0.3) is 0 Å². The van der Waals surface area contributed by atoms with Crippen LogP contribution in [0.3, 0.4) is 0 Å². The van der Waals surface area contributed by atoms with E-state index in [0.29, 0.717) is 0 Å². The van der Waals surface area contributed by atoms with Crippen molar-refractivity contribution in [3.63, 3.8) is 0 Å².